The normalized spacial score (nSPS) is 10.7. The Morgan fingerprint density at radius 3 is 2.74 bits per heavy atom. The fraction of sp³-hybridized carbons (Fsp3) is 0.250. The molecule has 3 rings (SSSR count). The van der Waals surface area contributed by atoms with Crippen molar-refractivity contribution in [1.29, 1.82) is 0 Å². The van der Waals surface area contributed by atoms with Crippen LogP contribution in [0.3, 0.4) is 0 Å². The number of benzene rings is 2. The maximum atomic E-state index is 12.5. The lowest BCUT2D eigenvalue weighted by molar-refractivity contribution is -0.113. The fourth-order valence-electron chi connectivity index (χ4n) is 2.88. The molecule has 0 aliphatic heterocycles. The number of esters is 1. The van der Waals surface area contributed by atoms with E-state index in [4.69, 9.17) is 21.1 Å². The van der Waals surface area contributed by atoms with E-state index < -0.39 is 5.97 Å². The molecular formula is C24H25ClN4O4S. The minimum absolute atomic E-state index is 0.0985. The second-order valence-electron chi connectivity index (χ2n) is 7.39. The van der Waals surface area contributed by atoms with Gasteiger partial charge in [-0.1, -0.05) is 47.6 Å². The van der Waals surface area contributed by atoms with Gasteiger partial charge in [0.1, 0.15) is 12.4 Å². The van der Waals surface area contributed by atoms with Gasteiger partial charge in [-0.2, -0.15) is 0 Å². The molecule has 1 N–H and O–H groups in total. The highest BCUT2D eigenvalue weighted by Crippen LogP contribution is 2.25. The molecule has 3 aromatic rings. The largest absolute Gasteiger partial charge is 0.484 e. The van der Waals surface area contributed by atoms with Gasteiger partial charge in [-0.05, 0) is 44.2 Å². The van der Waals surface area contributed by atoms with Crippen LogP contribution in [-0.2, 0) is 22.7 Å². The number of halogens is 1. The molecule has 1 heterocycles. The lowest BCUT2D eigenvalue weighted by atomic mass is 10.2. The van der Waals surface area contributed by atoms with Gasteiger partial charge < -0.3 is 14.8 Å². The molecule has 0 bridgehead atoms. The molecule has 0 spiro atoms. The van der Waals surface area contributed by atoms with Crippen molar-refractivity contribution in [1.82, 2.24) is 14.8 Å². The number of carbonyl (C=O) groups excluding carboxylic acids is 2. The Bertz CT molecular complexity index is 1170. The Morgan fingerprint density at radius 1 is 1.21 bits per heavy atom. The highest BCUT2D eigenvalue weighted by molar-refractivity contribution is 7.99. The smallest absolute Gasteiger partial charge is 0.338 e. The molecule has 34 heavy (non-hydrogen) atoms. The predicted molar refractivity (Wildman–Crippen MR) is 132 cm³/mol. The van der Waals surface area contributed by atoms with E-state index in [1.807, 2.05) is 16.7 Å². The van der Waals surface area contributed by atoms with Crippen molar-refractivity contribution in [3.8, 4) is 5.75 Å². The zero-order valence-electron chi connectivity index (χ0n) is 18.9. The number of hydrogen-bond donors (Lipinski definition) is 1. The van der Waals surface area contributed by atoms with E-state index in [-0.39, 0.29) is 24.4 Å². The third-order valence-corrected chi connectivity index (χ3v) is 5.63. The minimum atomic E-state index is -0.440. The first-order chi connectivity index (χ1) is 16.4. The second-order valence-corrected chi connectivity index (χ2v) is 8.74. The quantitative estimate of drug-likeness (QED) is 0.225. The number of allylic oxidation sites excluding steroid dienone is 1. The molecule has 8 nitrogen and oxygen atoms in total. The summed E-state index contributed by atoms with van der Waals surface area (Å²) >= 11 is 7.37. The zero-order valence-corrected chi connectivity index (χ0v) is 20.4. The monoisotopic (exact) mass is 500 g/mol. The third-order valence-electron chi connectivity index (χ3n) is 4.36. The molecule has 0 unspecified atom stereocenters. The van der Waals surface area contributed by atoms with Gasteiger partial charge in [-0.15, -0.1) is 16.8 Å². The highest BCUT2D eigenvalue weighted by Gasteiger charge is 2.15. The van der Waals surface area contributed by atoms with E-state index in [0.717, 1.165) is 0 Å². The predicted octanol–water partition coefficient (Wildman–Crippen LogP) is 4.99. The summed E-state index contributed by atoms with van der Waals surface area (Å²) in [6.07, 6.45) is 1.49. The van der Waals surface area contributed by atoms with Crippen LogP contribution in [0, 0.1) is 0 Å². The summed E-state index contributed by atoms with van der Waals surface area (Å²) in [6.45, 7) is 7.95. The first-order valence-corrected chi connectivity index (χ1v) is 11.9. The maximum absolute atomic E-state index is 12.5. The Balaban J connectivity index is 1.60. The average molecular weight is 501 g/mol. The maximum Gasteiger partial charge on any atom is 0.338 e. The fourth-order valence-corrected chi connectivity index (χ4v) is 3.84. The van der Waals surface area contributed by atoms with Gasteiger partial charge in [0.05, 0.1) is 22.4 Å². The van der Waals surface area contributed by atoms with E-state index >= 15 is 0 Å². The van der Waals surface area contributed by atoms with E-state index in [2.05, 4.69) is 22.1 Å². The number of hydrogen-bond acceptors (Lipinski definition) is 7. The van der Waals surface area contributed by atoms with E-state index in [1.165, 1.54) is 11.8 Å². The number of amides is 1. The van der Waals surface area contributed by atoms with Crippen molar-refractivity contribution < 1.29 is 19.1 Å². The first-order valence-electron chi connectivity index (χ1n) is 10.5. The van der Waals surface area contributed by atoms with E-state index in [0.29, 0.717) is 39.5 Å². The molecule has 2 aromatic carbocycles. The number of aromatic nitrogens is 3. The minimum Gasteiger partial charge on any atom is -0.484 e. The van der Waals surface area contributed by atoms with Crippen molar-refractivity contribution in [2.45, 2.75) is 38.3 Å². The lowest BCUT2D eigenvalue weighted by Gasteiger charge is -2.11. The molecule has 0 atom stereocenters. The highest BCUT2D eigenvalue weighted by atomic mass is 35.5. The summed E-state index contributed by atoms with van der Waals surface area (Å²) in [5, 5.41) is 12.2. The molecule has 1 aromatic heterocycles. The van der Waals surface area contributed by atoms with Crippen LogP contribution in [-0.4, -0.2) is 38.5 Å². The number of rotatable bonds is 11. The zero-order chi connectivity index (χ0) is 24.5. The third kappa shape index (κ3) is 7.10. The van der Waals surface area contributed by atoms with Crippen molar-refractivity contribution in [3.63, 3.8) is 0 Å². The van der Waals surface area contributed by atoms with Gasteiger partial charge in [-0.25, -0.2) is 4.79 Å². The molecule has 0 aliphatic carbocycles. The molecule has 0 saturated heterocycles. The number of thioether (sulfide) groups is 1. The molecule has 1 amide bonds. The molecule has 0 aliphatic rings. The van der Waals surface area contributed by atoms with Gasteiger partial charge in [0.25, 0.3) is 0 Å². The van der Waals surface area contributed by atoms with Crippen LogP contribution in [0.1, 0.15) is 30.0 Å². The topological polar surface area (TPSA) is 95.3 Å². The molecule has 0 fully saturated rings. The van der Waals surface area contributed by atoms with Crippen molar-refractivity contribution in [3.05, 3.63) is 77.6 Å². The average Bonchev–Trinajstić information content (AvgIpc) is 3.18. The van der Waals surface area contributed by atoms with Crippen LogP contribution >= 0.6 is 23.4 Å². The Kier molecular flexibility index (Phi) is 9.12. The summed E-state index contributed by atoms with van der Waals surface area (Å²) in [7, 11) is 0. The van der Waals surface area contributed by atoms with E-state index in [9.17, 15) is 9.59 Å². The summed E-state index contributed by atoms with van der Waals surface area (Å²) in [6, 6.07) is 13.8. The molecule has 0 saturated carbocycles. The summed E-state index contributed by atoms with van der Waals surface area (Å²) in [5.74, 6) is 0.539. The van der Waals surface area contributed by atoms with Crippen molar-refractivity contribution >= 4 is 40.9 Å². The van der Waals surface area contributed by atoms with Crippen molar-refractivity contribution in [2.24, 2.45) is 0 Å². The number of nitrogens with zero attached hydrogens (tertiary/aromatic N) is 3. The molecule has 10 heteroatoms. The number of para-hydroxylation sites is 1. The first kappa shape index (κ1) is 25.3. The number of carbonyl (C=O) groups is 2. The van der Waals surface area contributed by atoms with Crippen LogP contribution in [0.15, 0.2) is 66.3 Å². The lowest BCUT2D eigenvalue weighted by Crippen LogP contribution is -2.16. The van der Waals surface area contributed by atoms with E-state index in [1.54, 1.807) is 56.3 Å². The van der Waals surface area contributed by atoms with Crippen molar-refractivity contribution in [2.75, 3.05) is 11.1 Å². The van der Waals surface area contributed by atoms with Gasteiger partial charge >= 0.3 is 5.97 Å². The van der Waals surface area contributed by atoms with Crippen LogP contribution in [0.5, 0.6) is 5.75 Å². The summed E-state index contributed by atoms with van der Waals surface area (Å²) < 4.78 is 12.8. The summed E-state index contributed by atoms with van der Waals surface area (Å²) in [4.78, 5) is 24.6. The van der Waals surface area contributed by atoms with Crippen LogP contribution < -0.4 is 10.1 Å². The summed E-state index contributed by atoms with van der Waals surface area (Å²) in [5.41, 5.74) is 0.873. The Labute approximate surface area is 207 Å². The number of nitrogens with one attached hydrogen (secondary N) is 1. The number of anilines is 1. The standard InChI is InChI=1S/C24H25ClN4O4S/c1-4-12-29-21(14-32-20-11-6-5-10-19(20)25)27-28-24(29)34-15-22(30)26-18-9-7-8-17(13-18)23(31)33-16(2)3/h4-11,13,16H,1,12,14-15H2,2-3H3,(H,26,30). The SMILES string of the molecule is C=CCn1c(COc2ccccc2Cl)nnc1SCC(=O)Nc1cccc(C(=O)OC(C)C)c1. The van der Waals surface area contributed by atoms with Gasteiger partial charge in [0.15, 0.2) is 11.0 Å². The van der Waals surface area contributed by atoms with Crippen LogP contribution in [0.25, 0.3) is 0 Å². The molecule has 0 radical (unpaired) electrons. The molecule has 178 valence electrons. The van der Waals surface area contributed by atoms with Gasteiger partial charge in [0, 0.05) is 12.2 Å². The van der Waals surface area contributed by atoms with Crippen LogP contribution in [0.4, 0.5) is 5.69 Å². The second kappa shape index (κ2) is 12.2. The van der Waals surface area contributed by atoms with Crippen LogP contribution in [0.2, 0.25) is 5.02 Å². The van der Waals surface area contributed by atoms with Gasteiger partial charge in [0.2, 0.25) is 5.91 Å². The molecular weight excluding hydrogens is 476 g/mol. The Morgan fingerprint density at radius 2 is 2.00 bits per heavy atom. The number of ether oxygens (including phenoxy) is 2. The Hall–Kier alpha value is -3.30. The van der Waals surface area contributed by atoms with Gasteiger partial charge in [-0.3, -0.25) is 9.36 Å².